The van der Waals surface area contributed by atoms with Crippen LogP contribution in [-0.2, 0) is 16.2 Å². The molecule has 0 aliphatic carbocycles. The lowest BCUT2D eigenvalue weighted by atomic mass is 10.1. The van der Waals surface area contributed by atoms with Crippen molar-refractivity contribution in [3.63, 3.8) is 0 Å². The van der Waals surface area contributed by atoms with Crippen LogP contribution in [0.3, 0.4) is 0 Å². The number of halogens is 3. The van der Waals surface area contributed by atoms with Gasteiger partial charge in [0.25, 0.3) is 5.78 Å². The summed E-state index contributed by atoms with van der Waals surface area (Å²) in [6.07, 6.45) is -1.40. The van der Waals surface area contributed by atoms with Gasteiger partial charge in [0, 0.05) is 37.9 Å². The van der Waals surface area contributed by atoms with Crippen molar-refractivity contribution >= 4 is 21.6 Å². The summed E-state index contributed by atoms with van der Waals surface area (Å²) in [5, 5.41) is 4.30. The Balaban J connectivity index is 1.41. The fourth-order valence-corrected chi connectivity index (χ4v) is 5.42. The fraction of sp³-hybridized carbons (Fsp3) is 0.227. The lowest BCUT2D eigenvalue weighted by Crippen LogP contribution is -2.49. The first-order valence-electron chi connectivity index (χ1n) is 10.4. The van der Waals surface area contributed by atoms with E-state index in [1.807, 2.05) is 35.2 Å². The topological polar surface area (TPSA) is 83.7 Å². The van der Waals surface area contributed by atoms with Gasteiger partial charge in [-0.25, -0.2) is 13.4 Å². The molecule has 2 aromatic carbocycles. The van der Waals surface area contributed by atoms with Crippen LogP contribution in [0.2, 0.25) is 0 Å². The highest BCUT2D eigenvalue weighted by Gasteiger charge is 2.33. The number of anilines is 1. The number of nitrogens with zero attached hydrogens (tertiary/aromatic N) is 6. The van der Waals surface area contributed by atoms with Gasteiger partial charge in [-0.1, -0.05) is 30.3 Å². The Kier molecular flexibility index (Phi) is 5.48. The SMILES string of the molecule is O=S(=O)(c1ccc(C(F)(F)F)cc1)N1CCN(c2c(-c3ccccc3)cnc3ncnn23)CC1. The molecule has 8 nitrogen and oxygen atoms in total. The van der Waals surface area contributed by atoms with Gasteiger partial charge in [-0.05, 0) is 29.8 Å². The van der Waals surface area contributed by atoms with E-state index in [-0.39, 0.29) is 18.0 Å². The summed E-state index contributed by atoms with van der Waals surface area (Å²) < 4.78 is 67.5. The molecule has 12 heteroatoms. The zero-order chi connectivity index (χ0) is 23.9. The molecule has 1 aliphatic rings. The van der Waals surface area contributed by atoms with E-state index in [0.29, 0.717) is 18.9 Å². The standard InChI is InChI=1S/C22H19F3N6O2S/c23-22(24,25)17-6-8-18(9-7-17)34(32,33)30-12-10-29(11-13-30)20-19(16-4-2-1-3-5-16)14-26-21-27-15-28-31(20)21/h1-9,14-15H,10-13H2. The molecule has 0 amide bonds. The third-order valence-electron chi connectivity index (χ3n) is 5.72. The van der Waals surface area contributed by atoms with Crippen LogP contribution >= 0.6 is 0 Å². The molecule has 0 N–H and O–H groups in total. The van der Waals surface area contributed by atoms with Crippen LogP contribution in [0.4, 0.5) is 19.0 Å². The van der Waals surface area contributed by atoms with Crippen LogP contribution in [0.15, 0.2) is 72.0 Å². The van der Waals surface area contributed by atoms with E-state index in [2.05, 4.69) is 15.1 Å². The summed E-state index contributed by atoms with van der Waals surface area (Å²) in [6, 6.07) is 13.2. The van der Waals surface area contributed by atoms with E-state index in [1.54, 1.807) is 10.7 Å². The van der Waals surface area contributed by atoms with Crippen molar-refractivity contribution < 1.29 is 21.6 Å². The van der Waals surface area contributed by atoms with E-state index >= 15 is 0 Å². The summed E-state index contributed by atoms with van der Waals surface area (Å²) in [5.41, 5.74) is 0.874. The maximum Gasteiger partial charge on any atom is 0.416 e. The first-order valence-corrected chi connectivity index (χ1v) is 11.9. The van der Waals surface area contributed by atoms with Gasteiger partial charge in [-0.15, -0.1) is 0 Å². The molecule has 4 aromatic rings. The summed E-state index contributed by atoms with van der Waals surface area (Å²) in [4.78, 5) is 10.4. The molecule has 0 unspecified atom stereocenters. The van der Waals surface area contributed by atoms with Crippen LogP contribution in [0.5, 0.6) is 0 Å². The highest BCUT2D eigenvalue weighted by molar-refractivity contribution is 7.89. The van der Waals surface area contributed by atoms with Crippen molar-refractivity contribution in [2.75, 3.05) is 31.1 Å². The van der Waals surface area contributed by atoms with E-state index in [4.69, 9.17) is 0 Å². The van der Waals surface area contributed by atoms with E-state index in [9.17, 15) is 21.6 Å². The molecule has 0 atom stereocenters. The van der Waals surface area contributed by atoms with Crippen LogP contribution in [0, 0.1) is 0 Å². The summed E-state index contributed by atoms with van der Waals surface area (Å²) in [7, 11) is -3.93. The lowest BCUT2D eigenvalue weighted by molar-refractivity contribution is -0.137. The minimum Gasteiger partial charge on any atom is -0.353 e. The third-order valence-corrected chi connectivity index (χ3v) is 7.64. The number of hydrogen-bond donors (Lipinski definition) is 0. The molecule has 0 spiro atoms. The van der Waals surface area contributed by atoms with Gasteiger partial charge in [0.2, 0.25) is 10.0 Å². The zero-order valence-electron chi connectivity index (χ0n) is 17.7. The minimum absolute atomic E-state index is 0.163. The van der Waals surface area contributed by atoms with Gasteiger partial charge in [-0.2, -0.15) is 32.1 Å². The van der Waals surface area contributed by atoms with Crippen molar-refractivity contribution in [3.05, 3.63) is 72.7 Å². The van der Waals surface area contributed by atoms with Gasteiger partial charge in [0.1, 0.15) is 12.1 Å². The third kappa shape index (κ3) is 3.99. The molecule has 5 rings (SSSR count). The first-order chi connectivity index (χ1) is 16.2. The van der Waals surface area contributed by atoms with Crippen LogP contribution < -0.4 is 4.90 Å². The molecule has 0 saturated carbocycles. The molecular formula is C22H19F3N6O2S. The molecule has 1 saturated heterocycles. The van der Waals surface area contributed by atoms with Gasteiger partial charge >= 0.3 is 6.18 Å². The summed E-state index contributed by atoms with van der Waals surface area (Å²) in [6.45, 7) is 1.05. The summed E-state index contributed by atoms with van der Waals surface area (Å²) >= 11 is 0. The molecule has 34 heavy (non-hydrogen) atoms. The highest BCUT2D eigenvalue weighted by atomic mass is 32.2. The predicted octanol–water partition coefficient (Wildman–Crippen LogP) is 3.32. The number of benzene rings is 2. The Morgan fingerprint density at radius 1 is 0.853 bits per heavy atom. The maximum absolute atomic E-state index is 13.0. The average molecular weight is 488 g/mol. The number of aromatic nitrogens is 4. The van der Waals surface area contributed by atoms with Crippen LogP contribution in [0.1, 0.15) is 5.56 Å². The van der Waals surface area contributed by atoms with Gasteiger partial charge in [0.05, 0.1) is 10.5 Å². The normalized spacial score (nSPS) is 15.7. The molecule has 0 radical (unpaired) electrons. The predicted molar refractivity (Wildman–Crippen MR) is 119 cm³/mol. The number of hydrogen-bond acceptors (Lipinski definition) is 6. The number of alkyl halides is 3. The molecule has 1 aliphatic heterocycles. The Morgan fingerprint density at radius 2 is 1.53 bits per heavy atom. The molecular weight excluding hydrogens is 469 g/mol. The Bertz CT molecular complexity index is 1410. The van der Waals surface area contributed by atoms with Crippen LogP contribution in [-0.4, -0.2) is 58.5 Å². The van der Waals surface area contributed by atoms with Crippen molar-refractivity contribution in [1.29, 1.82) is 0 Å². The molecule has 176 valence electrons. The number of rotatable bonds is 4. The smallest absolute Gasteiger partial charge is 0.353 e. The quantitative estimate of drug-likeness (QED) is 0.438. The maximum atomic E-state index is 13.0. The molecule has 3 heterocycles. The molecule has 2 aromatic heterocycles. The van der Waals surface area contributed by atoms with Crippen molar-refractivity contribution in [2.24, 2.45) is 0 Å². The minimum atomic E-state index is -4.53. The van der Waals surface area contributed by atoms with Crippen molar-refractivity contribution in [2.45, 2.75) is 11.1 Å². The zero-order valence-corrected chi connectivity index (χ0v) is 18.5. The van der Waals surface area contributed by atoms with Crippen LogP contribution in [0.25, 0.3) is 16.9 Å². The number of piperazine rings is 1. The molecule has 1 fully saturated rings. The van der Waals surface area contributed by atoms with E-state index < -0.39 is 21.8 Å². The highest BCUT2D eigenvalue weighted by Crippen LogP contribution is 2.32. The number of sulfonamides is 1. The monoisotopic (exact) mass is 488 g/mol. The van der Waals surface area contributed by atoms with E-state index in [0.717, 1.165) is 41.2 Å². The Hall–Kier alpha value is -3.51. The summed E-state index contributed by atoms with van der Waals surface area (Å²) in [5.74, 6) is 1.18. The van der Waals surface area contributed by atoms with Gasteiger partial charge in [0.15, 0.2) is 0 Å². The van der Waals surface area contributed by atoms with Gasteiger partial charge < -0.3 is 4.90 Å². The largest absolute Gasteiger partial charge is 0.416 e. The Morgan fingerprint density at radius 3 is 2.18 bits per heavy atom. The second-order valence-electron chi connectivity index (χ2n) is 7.75. The average Bonchev–Trinajstić information content (AvgIpc) is 3.32. The fourth-order valence-electron chi connectivity index (χ4n) is 4.00. The van der Waals surface area contributed by atoms with Crippen molar-refractivity contribution in [1.82, 2.24) is 23.9 Å². The Labute approximate surface area is 193 Å². The van der Waals surface area contributed by atoms with E-state index in [1.165, 1.54) is 10.6 Å². The number of fused-ring (bicyclic) bond motifs is 1. The van der Waals surface area contributed by atoms with Gasteiger partial charge in [-0.3, -0.25) is 0 Å². The second kappa shape index (κ2) is 8.37. The second-order valence-corrected chi connectivity index (χ2v) is 9.68. The molecule has 0 bridgehead atoms. The van der Waals surface area contributed by atoms with Crippen molar-refractivity contribution in [3.8, 4) is 11.1 Å². The lowest BCUT2D eigenvalue weighted by Gasteiger charge is -2.36. The first kappa shape index (κ1) is 22.3.